The lowest BCUT2D eigenvalue weighted by atomic mass is 9.85. The van der Waals surface area contributed by atoms with E-state index in [2.05, 4.69) is 155 Å². The van der Waals surface area contributed by atoms with Crippen LogP contribution in [0.2, 0.25) is 0 Å². The number of aromatic nitrogens is 2. The molecule has 7 heterocycles. The van der Waals surface area contributed by atoms with Gasteiger partial charge in [-0.05, 0) is 59.0 Å². The van der Waals surface area contributed by atoms with Gasteiger partial charge in [-0.1, -0.05) is 78.9 Å². The van der Waals surface area contributed by atoms with Gasteiger partial charge in [-0.15, -0.1) is 20.5 Å². The molecule has 0 N–H and O–H groups in total. The fourth-order valence-electron chi connectivity index (χ4n) is 10.3. The van der Waals surface area contributed by atoms with E-state index in [1.807, 2.05) is 11.3 Å². The molecule has 7 aromatic carbocycles. The molecule has 0 saturated heterocycles. The standard InChI is InChI=1S/C47H24N2O2S/c1-3-11-25(12-4-1)45-36-28-19-21-33-40-38(28)43-30(37(36)46(52-45)26-13-5-2-6-14-26)17-10-24-49(43)47(40)41-34(50-33)22-20-31-39(41)42-29(16-9-23-48(42)47)35-27-15-7-8-18-32(27)51-44(31)35/h1-24H/q+2. The number of para-hydroxylation sites is 1. The third kappa shape index (κ3) is 2.69. The average molecular weight is 681 g/mol. The number of thiophene rings is 1. The predicted octanol–water partition coefficient (Wildman–Crippen LogP) is 11.4. The molecule has 1 spiro atoms. The SMILES string of the molecule is c1ccc(-c2sc(-c3ccccc3)c3c4ccc[n+]5c4c4c6c(ccc4c23)Oc2ccc3c4oc7ccccc7c4c4ccc[n+]7c4c3c2C657)cc1. The van der Waals surface area contributed by atoms with Crippen LogP contribution in [0, 0.1) is 0 Å². The van der Waals surface area contributed by atoms with E-state index in [1.54, 1.807) is 0 Å². The summed E-state index contributed by atoms with van der Waals surface area (Å²) < 4.78 is 18.9. The second-order valence-electron chi connectivity index (χ2n) is 14.3. The minimum Gasteiger partial charge on any atom is -0.456 e. The molecular formula is C47H24N2O2S+2. The summed E-state index contributed by atoms with van der Waals surface area (Å²) in [5.74, 6) is 1.81. The number of benzene rings is 7. The number of furan rings is 1. The van der Waals surface area contributed by atoms with Crippen LogP contribution in [-0.2, 0) is 5.66 Å². The highest BCUT2D eigenvalue weighted by molar-refractivity contribution is 7.21. The van der Waals surface area contributed by atoms with Crippen molar-refractivity contribution in [1.82, 2.24) is 0 Å². The number of ether oxygens (including phenoxy) is 1. The van der Waals surface area contributed by atoms with Gasteiger partial charge in [0.25, 0.3) is 0 Å². The molecule has 4 nitrogen and oxygen atoms in total. The first kappa shape index (κ1) is 26.3. The van der Waals surface area contributed by atoms with E-state index in [0.717, 1.165) is 33.4 Å². The smallest absolute Gasteiger partial charge is 0.425 e. The zero-order valence-corrected chi connectivity index (χ0v) is 28.3. The Morgan fingerprint density at radius 3 is 1.65 bits per heavy atom. The quantitative estimate of drug-likeness (QED) is 0.134. The Kier molecular flexibility index (Phi) is 4.37. The Morgan fingerprint density at radius 1 is 0.442 bits per heavy atom. The van der Waals surface area contributed by atoms with Crippen LogP contribution in [0.1, 0.15) is 11.1 Å². The van der Waals surface area contributed by atoms with E-state index in [1.165, 1.54) is 86.1 Å². The lowest BCUT2D eigenvalue weighted by Crippen LogP contribution is -2.72. The first-order chi connectivity index (χ1) is 25.8. The molecule has 0 radical (unpaired) electrons. The molecule has 0 fully saturated rings. The van der Waals surface area contributed by atoms with Gasteiger partial charge in [0, 0.05) is 48.8 Å². The second-order valence-corrected chi connectivity index (χ2v) is 15.3. The van der Waals surface area contributed by atoms with Crippen LogP contribution in [0.15, 0.2) is 150 Å². The van der Waals surface area contributed by atoms with Crippen molar-refractivity contribution in [2.75, 3.05) is 0 Å². The highest BCUT2D eigenvalue weighted by Crippen LogP contribution is 2.60. The van der Waals surface area contributed by atoms with E-state index in [0.29, 0.717) is 0 Å². The number of hydrogen-bond donors (Lipinski definition) is 0. The van der Waals surface area contributed by atoms with Gasteiger partial charge in [-0.3, -0.25) is 0 Å². The number of fused-ring (bicyclic) bond motifs is 8. The zero-order chi connectivity index (χ0) is 33.4. The minimum atomic E-state index is -0.678. The molecular weight excluding hydrogens is 657 g/mol. The summed E-state index contributed by atoms with van der Waals surface area (Å²) in [6.07, 6.45) is 4.59. The summed E-state index contributed by atoms with van der Waals surface area (Å²) in [6, 6.07) is 48.2. The number of hydrogen-bond acceptors (Lipinski definition) is 3. The molecule has 11 aromatic rings. The highest BCUT2D eigenvalue weighted by atomic mass is 32.1. The van der Waals surface area contributed by atoms with Crippen LogP contribution in [0.4, 0.5) is 0 Å². The van der Waals surface area contributed by atoms with Crippen molar-refractivity contribution in [3.63, 3.8) is 0 Å². The molecule has 0 aliphatic carbocycles. The maximum atomic E-state index is 7.02. The van der Waals surface area contributed by atoms with E-state index in [9.17, 15) is 0 Å². The highest BCUT2D eigenvalue weighted by Gasteiger charge is 2.69. The Morgan fingerprint density at radius 2 is 0.981 bits per heavy atom. The van der Waals surface area contributed by atoms with Crippen molar-refractivity contribution in [3.8, 4) is 32.4 Å². The summed E-state index contributed by atoms with van der Waals surface area (Å²) >= 11 is 1.90. The number of rotatable bonds is 2. The molecule has 3 aliphatic heterocycles. The fraction of sp³-hybridized carbons (Fsp3) is 0.0213. The van der Waals surface area contributed by atoms with Crippen molar-refractivity contribution < 1.29 is 18.3 Å². The van der Waals surface area contributed by atoms with Gasteiger partial charge in [0.2, 0.25) is 11.0 Å². The molecule has 1 atom stereocenters. The van der Waals surface area contributed by atoms with Crippen molar-refractivity contribution >= 4 is 87.4 Å². The van der Waals surface area contributed by atoms with E-state index in [4.69, 9.17) is 9.15 Å². The largest absolute Gasteiger partial charge is 0.456 e. The van der Waals surface area contributed by atoms with Crippen LogP contribution in [0.25, 0.3) is 96.9 Å². The lowest BCUT2D eigenvalue weighted by Gasteiger charge is -2.26. The Labute approximate surface area is 299 Å². The summed E-state index contributed by atoms with van der Waals surface area (Å²) in [4.78, 5) is 2.59. The van der Waals surface area contributed by atoms with Crippen molar-refractivity contribution in [1.29, 1.82) is 0 Å². The van der Waals surface area contributed by atoms with Crippen LogP contribution in [-0.4, -0.2) is 0 Å². The van der Waals surface area contributed by atoms with Gasteiger partial charge in [-0.2, -0.15) is 0 Å². The van der Waals surface area contributed by atoms with Gasteiger partial charge in [0.05, 0.1) is 21.5 Å². The summed E-state index contributed by atoms with van der Waals surface area (Å²) in [7, 11) is 0. The molecule has 4 aromatic heterocycles. The van der Waals surface area contributed by atoms with Crippen LogP contribution in [0.3, 0.4) is 0 Å². The summed E-state index contributed by atoms with van der Waals surface area (Å²) in [5.41, 5.74) is 8.51. The maximum Gasteiger partial charge on any atom is 0.425 e. The van der Waals surface area contributed by atoms with Crippen LogP contribution in [0.5, 0.6) is 11.5 Å². The van der Waals surface area contributed by atoms with Gasteiger partial charge in [0.15, 0.2) is 23.5 Å². The Bertz CT molecular complexity index is 3490. The zero-order valence-electron chi connectivity index (χ0n) is 27.5. The fourth-order valence-corrected chi connectivity index (χ4v) is 11.6. The lowest BCUT2D eigenvalue weighted by molar-refractivity contribution is -0.945. The Balaban J connectivity index is 1.23. The molecule has 0 bridgehead atoms. The maximum absolute atomic E-state index is 7.02. The molecule has 3 aliphatic rings. The second kappa shape index (κ2) is 8.65. The first-order valence-electron chi connectivity index (χ1n) is 17.8. The third-order valence-corrected chi connectivity index (χ3v) is 13.3. The van der Waals surface area contributed by atoms with Gasteiger partial charge in [0.1, 0.15) is 22.7 Å². The summed E-state index contributed by atoms with van der Waals surface area (Å²) in [6.45, 7) is 0. The van der Waals surface area contributed by atoms with Gasteiger partial charge < -0.3 is 9.15 Å². The van der Waals surface area contributed by atoms with Crippen molar-refractivity contribution in [2.45, 2.75) is 5.66 Å². The molecule has 0 saturated carbocycles. The average Bonchev–Trinajstić information content (AvgIpc) is 3.96. The molecule has 238 valence electrons. The monoisotopic (exact) mass is 680 g/mol. The normalized spacial score (nSPS) is 16.3. The van der Waals surface area contributed by atoms with Crippen molar-refractivity contribution in [2.24, 2.45) is 0 Å². The van der Waals surface area contributed by atoms with Crippen molar-refractivity contribution in [3.05, 3.63) is 157 Å². The molecule has 1 unspecified atom stereocenters. The minimum absolute atomic E-state index is 0.678. The predicted molar refractivity (Wildman–Crippen MR) is 208 cm³/mol. The molecule has 0 amide bonds. The van der Waals surface area contributed by atoms with E-state index >= 15 is 0 Å². The van der Waals surface area contributed by atoms with Gasteiger partial charge >= 0.3 is 5.66 Å². The van der Waals surface area contributed by atoms with E-state index < -0.39 is 5.66 Å². The first-order valence-corrected chi connectivity index (χ1v) is 18.6. The Hall–Kier alpha value is -6.56. The molecule has 5 heteroatoms. The van der Waals surface area contributed by atoms with Crippen LogP contribution >= 0.6 is 11.3 Å². The summed E-state index contributed by atoms with van der Waals surface area (Å²) in [5, 5.41) is 12.2. The van der Waals surface area contributed by atoms with Crippen LogP contribution < -0.4 is 13.9 Å². The third-order valence-electron chi connectivity index (χ3n) is 12.0. The molecule has 14 rings (SSSR count). The topological polar surface area (TPSA) is 30.1 Å². The molecule has 52 heavy (non-hydrogen) atoms. The van der Waals surface area contributed by atoms with E-state index in [-0.39, 0.29) is 0 Å². The number of nitrogens with zero attached hydrogens (tertiary/aromatic N) is 2. The van der Waals surface area contributed by atoms with Gasteiger partial charge in [-0.25, -0.2) is 0 Å². The number of pyridine rings is 2.